The molecule has 0 saturated carbocycles. The number of nitrogens with two attached hydrogens (primary N) is 1. The van der Waals surface area contributed by atoms with Crippen LogP contribution < -0.4 is 11.3 Å². The largest absolute Gasteiger partial charge is 0.308 e. The summed E-state index contributed by atoms with van der Waals surface area (Å²) in [7, 11) is 0. The molecular weight excluding hydrogens is 275 g/mol. The number of rotatable bonds is 2. The van der Waals surface area contributed by atoms with E-state index in [1.54, 1.807) is 17.4 Å². The Morgan fingerprint density at radius 3 is 2.70 bits per heavy atom. The summed E-state index contributed by atoms with van der Waals surface area (Å²) in [5.74, 6) is 6.40. The summed E-state index contributed by atoms with van der Waals surface area (Å²) in [4.78, 5) is 11.0. The Labute approximate surface area is 119 Å². The molecule has 6 heteroatoms. The molecule has 3 N–H and O–H groups in total. The summed E-state index contributed by atoms with van der Waals surface area (Å²) in [5, 5.41) is 0.901. The van der Waals surface area contributed by atoms with Gasteiger partial charge in [0.25, 0.3) is 0 Å². The molecule has 3 aromatic rings. The highest BCUT2D eigenvalue weighted by molar-refractivity contribution is 7.18. The third kappa shape index (κ3) is 2.13. The molecule has 0 saturated heterocycles. The first-order chi connectivity index (χ1) is 9.58. The van der Waals surface area contributed by atoms with Crippen molar-refractivity contribution in [2.75, 3.05) is 5.43 Å². The number of aromatic nitrogens is 2. The highest BCUT2D eigenvalue weighted by Crippen LogP contribution is 2.31. The van der Waals surface area contributed by atoms with E-state index in [4.69, 9.17) is 5.84 Å². The van der Waals surface area contributed by atoms with Gasteiger partial charge in [-0.25, -0.2) is 20.2 Å². The molecule has 20 heavy (non-hydrogen) atoms. The fraction of sp³-hybridized carbons (Fsp3) is 0.143. The van der Waals surface area contributed by atoms with Crippen LogP contribution in [-0.2, 0) is 0 Å². The second kappa shape index (κ2) is 4.81. The van der Waals surface area contributed by atoms with E-state index in [1.165, 1.54) is 12.1 Å². The van der Waals surface area contributed by atoms with Crippen LogP contribution in [0.5, 0.6) is 0 Å². The molecule has 0 bridgehead atoms. The number of fused-ring (bicyclic) bond motifs is 1. The predicted molar refractivity (Wildman–Crippen MR) is 80.1 cm³/mol. The second-order valence-electron chi connectivity index (χ2n) is 4.58. The highest BCUT2D eigenvalue weighted by Gasteiger charge is 2.13. The van der Waals surface area contributed by atoms with E-state index in [-0.39, 0.29) is 5.82 Å². The molecular formula is C14H13FN4S. The zero-order chi connectivity index (χ0) is 14.3. The van der Waals surface area contributed by atoms with Crippen molar-refractivity contribution in [2.45, 2.75) is 13.8 Å². The minimum absolute atomic E-state index is 0.267. The quantitative estimate of drug-likeness (QED) is 0.560. The maximum atomic E-state index is 13.2. The first-order valence-electron chi connectivity index (χ1n) is 6.10. The summed E-state index contributed by atoms with van der Waals surface area (Å²) in [6.07, 6.45) is 0. The molecule has 0 aliphatic rings. The van der Waals surface area contributed by atoms with Crippen molar-refractivity contribution >= 4 is 27.4 Å². The van der Waals surface area contributed by atoms with Crippen LogP contribution >= 0.6 is 11.3 Å². The minimum Gasteiger partial charge on any atom is -0.308 e. The minimum atomic E-state index is -0.267. The van der Waals surface area contributed by atoms with E-state index in [1.807, 2.05) is 19.9 Å². The standard InChI is InChI=1S/C14H13FN4S/c1-7-5-9(15)3-4-10(7)12-17-13(19-16)11-6-8(2)20-14(11)18-12/h3-6H,16H2,1-2H3,(H,17,18,19). The van der Waals surface area contributed by atoms with Gasteiger partial charge in [-0.3, -0.25) is 0 Å². The molecule has 0 fully saturated rings. The van der Waals surface area contributed by atoms with E-state index >= 15 is 0 Å². The van der Waals surface area contributed by atoms with Crippen LogP contribution in [0.3, 0.4) is 0 Å². The average Bonchev–Trinajstić information content (AvgIpc) is 2.77. The van der Waals surface area contributed by atoms with Crippen LogP contribution in [0, 0.1) is 19.7 Å². The summed E-state index contributed by atoms with van der Waals surface area (Å²) in [5.41, 5.74) is 4.20. The van der Waals surface area contributed by atoms with Gasteiger partial charge in [0.1, 0.15) is 10.6 Å². The van der Waals surface area contributed by atoms with Crippen molar-refractivity contribution in [3.63, 3.8) is 0 Å². The van der Waals surface area contributed by atoms with Gasteiger partial charge in [0, 0.05) is 10.4 Å². The van der Waals surface area contributed by atoms with Crippen molar-refractivity contribution in [3.8, 4) is 11.4 Å². The molecule has 4 nitrogen and oxygen atoms in total. The lowest BCUT2D eigenvalue weighted by Gasteiger charge is -2.07. The van der Waals surface area contributed by atoms with E-state index in [2.05, 4.69) is 15.4 Å². The lowest BCUT2D eigenvalue weighted by Crippen LogP contribution is -2.10. The Bertz CT molecular complexity index is 797. The zero-order valence-corrected chi connectivity index (χ0v) is 11.9. The predicted octanol–water partition coefficient (Wildman–Crippen LogP) is 3.40. The molecule has 0 aliphatic heterocycles. The van der Waals surface area contributed by atoms with Gasteiger partial charge in [0.05, 0.1) is 5.39 Å². The van der Waals surface area contributed by atoms with E-state index in [9.17, 15) is 4.39 Å². The normalized spacial score (nSPS) is 11.0. The summed E-state index contributed by atoms with van der Waals surface area (Å²) >= 11 is 1.58. The Balaban J connectivity index is 2.25. The molecule has 1 aromatic carbocycles. The monoisotopic (exact) mass is 288 g/mol. The first kappa shape index (κ1) is 13.0. The highest BCUT2D eigenvalue weighted by atomic mass is 32.1. The molecule has 2 heterocycles. The summed E-state index contributed by atoms with van der Waals surface area (Å²) < 4.78 is 13.2. The van der Waals surface area contributed by atoms with E-state index in [0.717, 1.165) is 26.2 Å². The Morgan fingerprint density at radius 2 is 2.00 bits per heavy atom. The number of nitrogens with one attached hydrogen (secondary N) is 1. The smallest absolute Gasteiger partial charge is 0.163 e. The van der Waals surface area contributed by atoms with Crippen LogP contribution in [-0.4, -0.2) is 9.97 Å². The maximum absolute atomic E-state index is 13.2. The van der Waals surface area contributed by atoms with Gasteiger partial charge in [-0.1, -0.05) is 0 Å². The van der Waals surface area contributed by atoms with Crippen LogP contribution in [0.15, 0.2) is 24.3 Å². The van der Waals surface area contributed by atoms with Gasteiger partial charge in [-0.15, -0.1) is 11.3 Å². The Kier molecular flexibility index (Phi) is 3.11. The summed E-state index contributed by atoms with van der Waals surface area (Å²) in [6.45, 7) is 3.84. The van der Waals surface area contributed by atoms with E-state index < -0.39 is 0 Å². The molecule has 0 unspecified atom stereocenters. The number of aryl methyl sites for hydroxylation is 2. The van der Waals surface area contributed by atoms with Gasteiger partial charge in [-0.2, -0.15) is 0 Å². The molecule has 0 amide bonds. The van der Waals surface area contributed by atoms with Crippen molar-refractivity contribution in [3.05, 3.63) is 40.5 Å². The lowest BCUT2D eigenvalue weighted by molar-refractivity contribution is 0.627. The molecule has 3 rings (SSSR count). The van der Waals surface area contributed by atoms with Gasteiger partial charge < -0.3 is 5.43 Å². The Hall–Kier alpha value is -2.05. The van der Waals surface area contributed by atoms with Gasteiger partial charge in [0.2, 0.25) is 0 Å². The van der Waals surface area contributed by atoms with E-state index in [0.29, 0.717) is 11.6 Å². The number of nitrogens with zero attached hydrogens (tertiary/aromatic N) is 2. The number of hydrogen-bond donors (Lipinski definition) is 2. The third-order valence-corrected chi connectivity index (χ3v) is 4.03. The molecule has 0 radical (unpaired) electrons. The molecule has 102 valence electrons. The third-order valence-electron chi connectivity index (χ3n) is 3.08. The van der Waals surface area contributed by atoms with Crippen LogP contribution in [0.4, 0.5) is 10.2 Å². The summed E-state index contributed by atoms with van der Waals surface area (Å²) in [6, 6.07) is 6.56. The van der Waals surface area contributed by atoms with Gasteiger partial charge in [-0.05, 0) is 43.7 Å². The van der Waals surface area contributed by atoms with Crippen molar-refractivity contribution in [1.82, 2.24) is 9.97 Å². The fourth-order valence-electron chi connectivity index (χ4n) is 2.15. The molecule has 0 spiro atoms. The van der Waals surface area contributed by atoms with Gasteiger partial charge >= 0.3 is 0 Å². The number of hydrogen-bond acceptors (Lipinski definition) is 5. The molecule has 2 aromatic heterocycles. The number of thiophene rings is 1. The molecule has 0 atom stereocenters. The number of hydrazine groups is 1. The van der Waals surface area contributed by atoms with Gasteiger partial charge in [0.15, 0.2) is 11.6 Å². The zero-order valence-electron chi connectivity index (χ0n) is 11.1. The fourth-order valence-corrected chi connectivity index (χ4v) is 3.03. The number of halogens is 1. The number of nitrogen functional groups attached to an aromatic ring is 1. The number of benzene rings is 1. The topological polar surface area (TPSA) is 63.8 Å². The number of anilines is 1. The van der Waals surface area contributed by atoms with Crippen molar-refractivity contribution in [1.29, 1.82) is 0 Å². The van der Waals surface area contributed by atoms with Crippen LogP contribution in [0.2, 0.25) is 0 Å². The van der Waals surface area contributed by atoms with Crippen LogP contribution in [0.25, 0.3) is 21.6 Å². The molecule has 0 aliphatic carbocycles. The van der Waals surface area contributed by atoms with Crippen molar-refractivity contribution in [2.24, 2.45) is 5.84 Å². The average molecular weight is 288 g/mol. The first-order valence-corrected chi connectivity index (χ1v) is 6.91. The maximum Gasteiger partial charge on any atom is 0.163 e. The Morgan fingerprint density at radius 1 is 1.20 bits per heavy atom. The van der Waals surface area contributed by atoms with Crippen LogP contribution in [0.1, 0.15) is 10.4 Å². The second-order valence-corrected chi connectivity index (χ2v) is 5.81. The SMILES string of the molecule is Cc1cc2c(NN)nc(-c3ccc(F)cc3C)nc2s1. The lowest BCUT2D eigenvalue weighted by atomic mass is 10.1. The van der Waals surface area contributed by atoms with Crippen molar-refractivity contribution < 1.29 is 4.39 Å².